The number of hydrogen-bond acceptors (Lipinski definition) is 6. The molecule has 0 spiro atoms. The maximum Gasteiger partial charge on any atom is 0.155 e. The van der Waals surface area contributed by atoms with Crippen molar-refractivity contribution in [3.05, 3.63) is 122 Å². The van der Waals surface area contributed by atoms with Crippen LogP contribution in [0.3, 0.4) is 0 Å². The molecule has 47 heavy (non-hydrogen) atoms. The van der Waals surface area contributed by atoms with Crippen LogP contribution in [0.15, 0.2) is 122 Å². The summed E-state index contributed by atoms with van der Waals surface area (Å²) in [5.41, 5.74) is 3.46. The topological polar surface area (TPSA) is 87.2 Å². The third-order valence-corrected chi connectivity index (χ3v) is 4.80. The molecule has 0 aromatic carbocycles. The zero-order chi connectivity index (χ0) is 35.7. The molecule has 0 aliphatic rings. The summed E-state index contributed by atoms with van der Waals surface area (Å²) in [5, 5.41) is 8.27. The lowest BCUT2D eigenvalue weighted by atomic mass is 10.2. The Bertz CT molecular complexity index is 1420. The van der Waals surface area contributed by atoms with Crippen molar-refractivity contribution >= 4 is 0 Å². The van der Waals surface area contributed by atoms with Crippen LogP contribution in [0.5, 0.6) is 0 Å². The van der Waals surface area contributed by atoms with E-state index >= 15 is 0 Å². The van der Waals surface area contributed by atoms with Crippen molar-refractivity contribution in [2.45, 2.75) is 76.2 Å². The van der Waals surface area contributed by atoms with Gasteiger partial charge in [-0.25, -0.2) is 19.3 Å². The highest BCUT2D eigenvalue weighted by Crippen LogP contribution is 2.19. The highest BCUT2D eigenvalue weighted by atomic mass is 15.3. The average molecular weight is 635 g/mol. The highest BCUT2D eigenvalue weighted by molar-refractivity contribution is 5.61. The van der Waals surface area contributed by atoms with Crippen LogP contribution in [-0.2, 0) is 0 Å². The maximum atomic E-state index is 4.60. The van der Waals surface area contributed by atoms with E-state index in [4.69, 9.17) is 0 Å². The van der Waals surface area contributed by atoms with Crippen LogP contribution >= 0.6 is 0 Å². The first kappa shape index (κ1) is 43.7. The largest absolute Gasteiger partial charge is 0.255 e. The van der Waals surface area contributed by atoms with Crippen LogP contribution in [0.25, 0.3) is 34.4 Å². The van der Waals surface area contributed by atoms with Crippen LogP contribution in [0.1, 0.15) is 76.2 Å². The van der Waals surface area contributed by atoms with Crippen LogP contribution < -0.4 is 0 Å². The lowest BCUT2D eigenvalue weighted by molar-refractivity contribution is 0.803. The van der Waals surface area contributed by atoms with E-state index in [0.717, 1.165) is 34.4 Å². The third-order valence-electron chi connectivity index (χ3n) is 4.80. The molecule has 6 aromatic rings. The van der Waals surface area contributed by atoms with Gasteiger partial charge in [-0.3, -0.25) is 9.97 Å². The van der Waals surface area contributed by atoms with Gasteiger partial charge in [0.05, 0.1) is 22.8 Å². The zero-order valence-electron chi connectivity index (χ0n) is 30.2. The fourth-order valence-corrected chi connectivity index (χ4v) is 3.22. The second-order valence-corrected chi connectivity index (χ2v) is 7.38. The van der Waals surface area contributed by atoms with E-state index < -0.39 is 0 Å². The normalized spacial score (nSPS) is 8.30. The maximum absolute atomic E-state index is 4.60. The van der Waals surface area contributed by atoms with Crippen LogP contribution in [0.4, 0.5) is 0 Å². The van der Waals surface area contributed by atoms with E-state index in [1.165, 1.54) is 0 Å². The Balaban J connectivity index is 0. The molecular formula is C39H54N8. The summed E-state index contributed by atoms with van der Waals surface area (Å²) < 4.78 is 3.43. The van der Waals surface area contributed by atoms with Crippen LogP contribution in [0, 0.1) is 12.3 Å². The van der Waals surface area contributed by atoms with Gasteiger partial charge in [0.2, 0.25) is 0 Å². The van der Waals surface area contributed by atoms with Gasteiger partial charge in [-0.1, -0.05) is 93.5 Å². The third kappa shape index (κ3) is 16.5. The Morgan fingerprint density at radius 1 is 0.447 bits per heavy atom. The summed E-state index contributed by atoms with van der Waals surface area (Å²) in [7, 11) is 0. The molecule has 8 heteroatoms. The van der Waals surface area contributed by atoms with Gasteiger partial charge in [0, 0.05) is 37.2 Å². The number of pyridine rings is 4. The predicted molar refractivity (Wildman–Crippen MR) is 200 cm³/mol. The molecule has 6 rings (SSSR count). The number of aromatic nitrogens is 8. The minimum Gasteiger partial charge on any atom is -0.255 e. The molecule has 0 saturated heterocycles. The standard InChI is InChI=1S/C15H11N3.C11H9N5.C3H4.5C2H6/c1-3-10-16-12(6-1)14-8-5-9-15(18-14)13-7-2-4-11-17-13;1-4-10(15-8-2-6-12-15)14-11(5-1)16-9-3-7-13-16;1-3-2;5*1-2/h1-11H;1-9H;1H,2H3;5*1-2H3. The molecular weight excluding hydrogens is 580 g/mol. The smallest absolute Gasteiger partial charge is 0.155 e. The van der Waals surface area contributed by atoms with E-state index in [0.29, 0.717) is 0 Å². The van der Waals surface area contributed by atoms with Crippen LogP contribution in [0.2, 0.25) is 0 Å². The van der Waals surface area contributed by atoms with E-state index in [1.807, 2.05) is 167 Å². The van der Waals surface area contributed by atoms with E-state index in [2.05, 4.69) is 42.5 Å². The molecule has 250 valence electrons. The van der Waals surface area contributed by atoms with Gasteiger partial charge >= 0.3 is 0 Å². The van der Waals surface area contributed by atoms with Crippen molar-refractivity contribution in [3.63, 3.8) is 0 Å². The number of terminal acetylenes is 1. The lowest BCUT2D eigenvalue weighted by Gasteiger charge is -2.03. The average Bonchev–Trinajstić information content (AvgIpc) is 3.94. The summed E-state index contributed by atoms with van der Waals surface area (Å²) in [4.78, 5) is 17.6. The van der Waals surface area contributed by atoms with Gasteiger partial charge in [-0.2, -0.15) is 10.2 Å². The fourth-order valence-electron chi connectivity index (χ4n) is 3.22. The molecule has 0 unspecified atom stereocenters. The minimum atomic E-state index is 0.776. The van der Waals surface area contributed by atoms with E-state index in [1.54, 1.807) is 41.1 Å². The molecule has 0 saturated carbocycles. The molecule has 0 aliphatic carbocycles. The molecule has 0 bridgehead atoms. The first-order chi connectivity index (χ1) is 23.3. The Kier molecular flexibility index (Phi) is 28.5. The van der Waals surface area contributed by atoms with Gasteiger partial charge in [0.25, 0.3) is 0 Å². The molecule has 0 radical (unpaired) electrons. The monoisotopic (exact) mass is 634 g/mol. The van der Waals surface area contributed by atoms with Crippen LogP contribution in [-0.4, -0.2) is 39.5 Å². The second kappa shape index (κ2) is 30.6. The van der Waals surface area contributed by atoms with Crippen molar-refractivity contribution in [2.75, 3.05) is 0 Å². The van der Waals surface area contributed by atoms with Crippen molar-refractivity contribution in [1.82, 2.24) is 39.5 Å². The van der Waals surface area contributed by atoms with E-state index in [-0.39, 0.29) is 0 Å². The Morgan fingerprint density at radius 2 is 0.809 bits per heavy atom. The molecule has 0 fully saturated rings. The van der Waals surface area contributed by atoms with Crippen molar-refractivity contribution in [1.29, 1.82) is 0 Å². The molecule has 0 amide bonds. The zero-order valence-corrected chi connectivity index (χ0v) is 30.2. The van der Waals surface area contributed by atoms with Gasteiger partial charge in [-0.05, 0) is 67.6 Å². The number of rotatable bonds is 4. The number of nitrogens with zero attached hydrogens (tertiary/aromatic N) is 8. The second-order valence-electron chi connectivity index (χ2n) is 7.38. The van der Waals surface area contributed by atoms with Gasteiger partial charge < -0.3 is 0 Å². The lowest BCUT2D eigenvalue weighted by Crippen LogP contribution is -2.03. The van der Waals surface area contributed by atoms with E-state index in [9.17, 15) is 0 Å². The summed E-state index contributed by atoms with van der Waals surface area (Å²) in [5.74, 6) is 3.80. The molecule has 6 aromatic heterocycles. The van der Waals surface area contributed by atoms with Crippen molar-refractivity contribution < 1.29 is 0 Å². The highest BCUT2D eigenvalue weighted by Gasteiger charge is 2.04. The molecule has 8 nitrogen and oxygen atoms in total. The number of hydrogen-bond donors (Lipinski definition) is 0. The Labute approximate surface area is 284 Å². The molecule has 0 atom stereocenters. The fraction of sp³-hybridized carbons (Fsp3) is 0.282. The first-order valence-electron chi connectivity index (χ1n) is 16.4. The van der Waals surface area contributed by atoms with Crippen molar-refractivity contribution in [2.24, 2.45) is 0 Å². The predicted octanol–water partition coefficient (Wildman–Crippen LogP) is 10.4. The summed E-state index contributed by atoms with van der Waals surface area (Å²) in [6.07, 6.45) is 15.3. The quantitative estimate of drug-likeness (QED) is 0.179. The van der Waals surface area contributed by atoms with Gasteiger partial charge in [0.1, 0.15) is 0 Å². The van der Waals surface area contributed by atoms with Gasteiger partial charge in [0.15, 0.2) is 11.6 Å². The summed E-state index contributed by atoms with van der Waals surface area (Å²) in [6, 6.07) is 26.9. The first-order valence-corrected chi connectivity index (χ1v) is 16.4. The summed E-state index contributed by atoms with van der Waals surface area (Å²) in [6.45, 7) is 21.7. The molecule has 0 aliphatic heterocycles. The molecule has 6 heterocycles. The van der Waals surface area contributed by atoms with Gasteiger partial charge in [-0.15, -0.1) is 12.3 Å². The molecule has 0 N–H and O–H groups in total. The minimum absolute atomic E-state index is 0.776. The summed E-state index contributed by atoms with van der Waals surface area (Å²) >= 11 is 0. The van der Waals surface area contributed by atoms with Crippen molar-refractivity contribution in [3.8, 4) is 46.8 Å². The Hall–Kier alpha value is -5.42. The Morgan fingerprint density at radius 3 is 1.13 bits per heavy atom. The SMILES string of the molecule is C#CC.CC.CC.CC.CC.CC.c1cc(-n2cccn2)nc(-n2cccn2)c1.c1ccc(-c2cccc(-c3ccccn3)n2)nc1.